The molecule has 0 atom stereocenters. The number of rotatable bonds is 1. The molecule has 1 saturated heterocycles. The second-order valence-electron chi connectivity index (χ2n) is 6.00. The van der Waals surface area contributed by atoms with E-state index in [0.717, 1.165) is 18.4 Å². The van der Waals surface area contributed by atoms with E-state index in [1.54, 1.807) is 19.1 Å². The van der Waals surface area contributed by atoms with Gasteiger partial charge in [0.15, 0.2) is 0 Å². The van der Waals surface area contributed by atoms with Gasteiger partial charge in [0.05, 0.1) is 5.69 Å². The number of hydrogen-bond donors (Lipinski definition) is 1. The highest BCUT2D eigenvalue weighted by atomic mass is 19.1. The number of nitrogens with one attached hydrogen (secondary N) is 1. The molecule has 112 valence electrons. The van der Waals surface area contributed by atoms with Gasteiger partial charge in [-0.25, -0.2) is 4.39 Å². The molecule has 5 heteroatoms. The third kappa shape index (κ3) is 2.41. The van der Waals surface area contributed by atoms with Crippen LogP contribution in [0.4, 0.5) is 10.1 Å². The zero-order chi connectivity index (χ0) is 15.0. The molecular weight excluding hydrogens is 271 g/mol. The van der Waals surface area contributed by atoms with Gasteiger partial charge in [-0.1, -0.05) is 18.9 Å². The van der Waals surface area contributed by atoms with Crippen LogP contribution in [0.3, 0.4) is 0 Å². The van der Waals surface area contributed by atoms with Gasteiger partial charge in [-0.15, -0.1) is 0 Å². The number of amides is 2. The lowest BCUT2D eigenvalue weighted by atomic mass is 9.95. The van der Waals surface area contributed by atoms with Crippen molar-refractivity contribution in [1.82, 2.24) is 5.32 Å². The minimum Gasteiger partial charge on any atom is -0.342 e. The summed E-state index contributed by atoms with van der Waals surface area (Å²) < 4.78 is 14.2. The molecule has 0 bridgehead atoms. The van der Waals surface area contributed by atoms with Gasteiger partial charge < -0.3 is 10.2 Å². The van der Waals surface area contributed by atoms with Gasteiger partial charge in [0.1, 0.15) is 11.4 Å². The van der Waals surface area contributed by atoms with Crippen molar-refractivity contribution >= 4 is 17.5 Å². The molecule has 2 fully saturated rings. The largest absolute Gasteiger partial charge is 0.342 e. The lowest BCUT2D eigenvalue weighted by Crippen LogP contribution is -2.55. The highest BCUT2D eigenvalue weighted by molar-refractivity contribution is 6.04. The maximum Gasteiger partial charge on any atom is 0.252 e. The lowest BCUT2D eigenvalue weighted by Gasteiger charge is -2.32. The predicted molar refractivity (Wildman–Crippen MR) is 77.4 cm³/mol. The molecule has 0 unspecified atom stereocenters. The van der Waals surface area contributed by atoms with Crippen LogP contribution in [0.2, 0.25) is 0 Å². The smallest absolute Gasteiger partial charge is 0.252 e. The Balaban J connectivity index is 2.00. The van der Waals surface area contributed by atoms with Gasteiger partial charge in [0.2, 0.25) is 5.91 Å². The highest BCUT2D eigenvalue weighted by Gasteiger charge is 2.47. The van der Waals surface area contributed by atoms with E-state index in [-0.39, 0.29) is 30.5 Å². The Morgan fingerprint density at radius 1 is 1.24 bits per heavy atom. The summed E-state index contributed by atoms with van der Waals surface area (Å²) in [6.07, 6.45) is 3.32. The van der Waals surface area contributed by atoms with Crippen molar-refractivity contribution in [3.05, 3.63) is 29.6 Å². The molecule has 1 aliphatic heterocycles. The minimum atomic E-state index is -0.828. The maximum atomic E-state index is 14.2. The molecule has 0 radical (unpaired) electrons. The van der Waals surface area contributed by atoms with Crippen LogP contribution in [0.1, 0.15) is 37.7 Å². The third-order valence-corrected chi connectivity index (χ3v) is 4.45. The minimum absolute atomic E-state index is 0.125. The van der Waals surface area contributed by atoms with E-state index in [2.05, 4.69) is 5.32 Å². The molecule has 1 N–H and O–H groups in total. The summed E-state index contributed by atoms with van der Waals surface area (Å²) in [5.41, 5.74) is 0.252. The fraction of sp³-hybridized carbons (Fsp3) is 0.500. The maximum absolute atomic E-state index is 14.2. The number of aryl methyl sites for hydroxylation is 1. The summed E-state index contributed by atoms with van der Waals surface area (Å²) in [7, 11) is 0. The quantitative estimate of drug-likeness (QED) is 0.863. The van der Waals surface area contributed by atoms with E-state index in [1.807, 2.05) is 0 Å². The molecule has 1 aromatic carbocycles. The van der Waals surface area contributed by atoms with Crippen molar-refractivity contribution in [2.24, 2.45) is 0 Å². The summed E-state index contributed by atoms with van der Waals surface area (Å²) in [5.74, 6) is -0.709. The van der Waals surface area contributed by atoms with Gasteiger partial charge >= 0.3 is 0 Å². The number of nitrogens with zero attached hydrogens (tertiary/aromatic N) is 1. The topological polar surface area (TPSA) is 49.4 Å². The van der Waals surface area contributed by atoms with Crippen LogP contribution in [0.15, 0.2) is 18.2 Å². The van der Waals surface area contributed by atoms with Crippen LogP contribution >= 0.6 is 0 Å². The standard InChI is InChI=1S/C16H19FN2O2/c1-11-4-5-13(12(17)10-11)19-9-6-14(20)18-16(15(19)21)7-2-3-8-16/h4-5,10H,2-3,6-9H2,1H3,(H,18,20). The number of anilines is 1. The molecule has 4 nitrogen and oxygen atoms in total. The van der Waals surface area contributed by atoms with Crippen molar-refractivity contribution in [3.8, 4) is 0 Å². The Morgan fingerprint density at radius 3 is 2.62 bits per heavy atom. The van der Waals surface area contributed by atoms with Crippen LogP contribution in [-0.2, 0) is 9.59 Å². The number of benzene rings is 1. The van der Waals surface area contributed by atoms with Crippen LogP contribution in [0.5, 0.6) is 0 Å². The number of carbonyl (C=O) groups excluding carboxylic acids is 2. The average molecular weight is 290 g/mol. The van der Waals surface area contributed by atoms with Crippen LogP contribution in [0.25, 0.3) is 0 Å². The molecule has 21 heavy (non-hydrogen) atoms. The van der Waals surface area contributed by atoms with Crippen LogP contribution in [-0.4, -0.2) is 23.9 Å². The van der Waals surface area contributed by atoms with Crippen molar-refractivity contribution in [3.63, 3.8) is 0 Å². The highest BCUT2D eigenvalue weighted by Crippen LogP contribution is 2.35. The summed E-state index contributed by atoms with van der Waals surface area (Å²) in [6, 6.07) is 4.83. The van der Waals surface area contributed by atoms with E-state index < -0.39 is 11.4 Å². The molecule has 1 aromatic rings. The van der Waals surface area contributed by atoms with Gasteiger partial charge in [-0.2, -0.15) is 0 Å². The first-order chi connectivity index (χ1) is 10.0. The molecule has 0 aromatic heterocycles. The Labute approximate surface area is 123 Å². The SMILES string of the molecule is Cc1ccc(N2CCC(=O)NC3(CCCC3)C2=O)c(F)c1. The molecule has 1 spiro atoms. The van der Waals surface area contributed by atoms with E-state index in [4.69, 9.17) is 0 Å². The lowest BCUT2D eigenvalue weighted by molar-refractivity contribution is -0.129. The molecule has 3 rings (SSSR count). The molecule has 2 aliphatic rings. The van der Waals surface area contributed by atoms with Gasteiger partial charge in [-0.05, 0) is 37.5 Å². The molecule has 1 heterocycles. The Bertz CT molecular complexity index is 594. The fourth-order valence-electron chi connectivity index (χ4n) is 3.33. The van der Waals surface area contributed by atoms with Gasteiger partial charge in [-0.3, -0.25) is 9.59 Å². The fourth-order valence-corrected chi connectivity index (χ4v) is 3.33. The Morgan fingerprint density at radius 2 is 1.95 bits per heavy atom. The second-order valence-corrected chi connectivity index (χ2v) is 6.00. The van der Waals surface area contributed by atoms with Crippen LogP contribution in [0, 0.1) is 12.7 Å². The van der Waals surface area contributed by atoms with E-state index in [0.29, 0.717) is 12.8 Å². The summed E-state index contributed by atoms with van der Waals surface area (Å²) in [6.45, 7) is 2.03. The van der Waals surface area contributed by atoms with Gasteiger partial charge in [0.25, 0.3) is 5.91 Å². The van der Waals surface area contributed by atoms with Crippen molar-refractivity contribution in [1.29, 1.82) is 0 Å². The Hall–Kier alpha value is -1.91. The summed E-state index contributed by atoms with van der Waals surface area (Å²) in [5, 5.41) is 2.88. The number of halogens is 1. The number of hydrogen-bond acceptors (Lipinski definition) is 2. The molecule has 1 aliphatic carbocycles. The van der Waals surface area contributed by atoms with Crippen molar-refractivity contribution in [2.45, 2.75) is 44.6 Å². The van der Waals surface area contributed by atoms with Crippen LogP contribution < -0.4 is 10.2 Å². The van der Waals surface area contributed by atoms with Crippen molar-refractivity contribution < 1.29 is 14.0 Å². The zero-order valence-corrected chi connectivity index (χ0v) is 12.1. The normalized spacial score (nSPS) is 21.5. The summed E-state index contributed by atoms with van der Waals surface area (Å²) >= 11 is 0. The van der Waals surface area contributed by atoms with E-state index in [9.17, 15) is 14.0 Å². The average Bonchev–Trinajstić information content (AvgIpc) is 2.85. The molecule has 2 amide bonds. The first-order valence-corrected chi connectivity index (χ1v) is 7.41. The van der Waals surface area contributed by atoms with E-state index in [1.165, 1.54) is 11.0 Å². The predicted octanol–water partition coefficient (Wildman–Crippen LogP) is 2.30. The van der Waals surface area contributed by atoms with Gasteiger partial charge in [0, 0.05) is 13.0 Å². The summed E-state index contributed by atoms with van der Waals surface area (Å²) in [4.78, 5) is 26.3. The van der Waals surface area contributed by atoms with E-state index >= 15 is 0 Å². The molecule has 1 saturated carbocycles. The first kappa shape index (κ1) is 14.0. The zero-order valence-electron chi connectivity index (χ0n) is 12.1. The van der Waals surface area contributed by atoms with Crippen molar-refractivity contribution in [2.75, 3.05) is 11.4 Å². The monoisotopic (exact) mass is 290 g/mol. The second kappa shape index (κ2) is 5.13. The third-order valence-electron chi connectivity index (χ3n) is 4.45. The first-order valence-electron chi connectivity index (χ1n) is 7.41. The Kier molecular flexibility index (Phi) is 3.43. The number of carbonyl (C=O) groups is 2. The molecular formula is C16H19FN2O2.